The second kappa shape index (κ2) is 3.04. The largest absolute Gasteiger partial charge is 0.338 e. The van der Waals surface area contributed by atoms with Crippen LogP contribution in [0.15, 0.2) is 21.3 Å². The van der Waals surface area contributed by atoms with Gasteiger partial charge >= 0.3 is 0 Å². The molecule has 0 spiro atoms. The minimum Gasteiger partial charge on any atom is -0.338 e. The van der Waals surface area contributed by atoms with Gasteiger partial charge in [-0.3, -0.25) is 0 Å². The number of nitrogens with two attached hydrogens (primary N) is 1. The maximum atomic E-state index is 5.32. The van der Waals surface area contributed by atoms with Crippen LogP contribution < -0.4 is 5.73 Å². The summed E-state index contributed by atoms with van der Waals surface area (Å²) < 4.78 is 4.86. The lowest BCUT2D eigenvalue weighted by atomic mass is 10.3. The molecule has 0 aliphatic rings. The highest BCUT2D eigenvalue weighted by molar-refractivity contribution is 7.08. The number of hydrogen-bond acceptors (Lipinski definition) is 5. The standard InChI is InChI=1S/C7H7N3OS/c8-3-6-9-7(10-11-6)5-1-2-12-4-5/h1-2,4H,3,8H2. The third kappa shape index (κ3) is 1.24. The van der Waals surface area contributed by atoms with Crippen LogP contribution in [0.25, 0.3) is 11.4 Å². The zero-order chi connectivity index (χ0) is 8.39. The van der Waals surface area contributed by atoms with Crippen LogP contribution in [0.2, 0.25) is 0 Å². The Labute approximate surface area is 73.0 Å². The van der Waals surface area contributed by atoms with E-state index in [1.165, 1.54) is 0 Å². The molecule has 4 nitrogen and oxygen atoms in total. The summed E-state index contributed by atoms with van der Waals surface area (Å²) in [4.78, 5) is 4.08. The van der Waals surface area contributed by atoms with E-state index >= 15 is 0 Å². The highest BCUT2D eigenvalue weighted by Gasteiger charge is 2.06. The van der Waals surface area contributed by atoms with Gasteiger partial charge in [0.2, 0.25) is 11.7 Å². The van der Waals surface area contributed by atoms with Crippen molar-refractivity contribution in [1.82, 2.24) is 10.1 Å². The highest BCUT2D eigenvalue weighted by Crippen LogP contribution is 2.18. The Kier molecular flexibility index (Phi) is 1.89. The van der Waals surface area contributed by atoms with Crippen LogP contribution in [0, 0.1) is 0 Å². The summed E-state index contributed by atoms with van der Waals surface area (Å²) in [5.74, 6) is 1.08. The summed E-state index contributed by atoms with van der Waals surface area (Å²) in [6.07, 6.45) is 0. The normalized spacial score (nSPS) is 10.4. The smallest absolute Gasteiger partial charge is 0.240 e. The van der Waals surface area contributed by atoms with Crippen LogP contribution in [0.3, 0.4) is 0 Å². The van der Waals surface area contributed by atoms with Crippen molar-refractivity contribution < 1.29 is 4.52 Å². The van der Waals surface area contributed by atoms with Crippen molar-refractivity contribution in [2.45, 2.75) is 6.54 Å². The van der Waals surface area contributed by atoms with E-state index in [1.54, 1.807) is 11.3 Å². The van der Waals surface area contributed by atoms with Gasteiger partial charge in [-0.25, -0.2) is 0 Å². The Morgan fingerprint density at radius 3 is 3.08 bits per heavy atom. The molecule has 2 aromatic rings. The van der Waals surface area contributed by atoms with Crippen molar-refractivity contribution in [2.24, 2.45) is 5.73 Å². The van der Waals surface area contributed by atoms with Gasteiger partial charge < -0.3 is 10.3 Å². The van der Waals surface area contributed by atoms with Gasteiger partial charge in [-0.1, -0.05) is 5.16 Å². The van der Waals surface area contributed by atoms with Crippen molar-refractivity contribution in [1.29, 1.82) is 0 Å². The Morgan fingerprint density at radius 1 is 1.58 bits per heavy atom. The van der Waals surface area contributed by atoms with Gasteiger partial charge in [-0.05, 0) is 11.4 Å². The molecule has 0 fully saturated rings. The summed E-state index contributed by atoms with van der Waals surface area (Å²) in [7, 11) is 0. The highest BCUT2D eigenvalue weighted by atomic mass is 32.1. The first-order valence-electron chi connectivity index (χ1n) is 3.45. The zero-order valence-electron chi connectivity index (χ0n) is 6.23. The molecule has 0 aromatic carbocycles. The molecule has 62 valence electrons. The van der Waals surface area contributed by atoms with Crippen molar-refractivity contribution in [3.05, 3.63) is 22.7 Å². The topological polar surface area (TPSA) is 64.9 Å². The summed E-state index contributed by atoms with van der Waals surface area (Å²) in [5, 5.41) is 7.70. The van der Waals surface area contributed by atoms with Crippen molar-refractivity contribution in [3.63, 3.8) is 0 Å². The lowest BCUT2D eigenvalue weighted by molar-refractivity contribution is 0.380. The van der Waals surface area contributed by atoms with Crippen LogP contribution in [0.1, 0.15) is 5.89 Å². The van der Waals surface area contributed by atoms with Crippen LogP contribution in [0.4, 0.5) is 0 Å². The molecular formula is C7H7N3OS. The predicted octanol–water partition coefficient (Wildman–Crippen LogP) is 1.26. The monoisotopic (exact) mass is 181 g/mol. The van der Waals surface area contributed by atoms with E-state index < -0.39 is 0 Å². The van der Waals surface area contributed by atoms with E-state index in [2.05, 4.69) is 10.1 Å². The Hall–Kier alpha value is -1.20. The third-order valence-corrected chi connectivity index (χ3v) is 2.11. The van der Waals surface area contributed by atoms with E-state index in [4.69, 9.17) is 10.3 Å². The Bertz CT molecular complexity index is 354. The van der Waals surface area contributed by atoms with Crippen molar-refractivity contribution >= 4 is 11.3 Å². The van der Waals surface area contributed by atoms with Crippen molar-refractivity contribution in [2.75, 3.05) is 0 Å². The lowest BCUT2D eigenvalue weighted by Crippen LogP contribution is -1.95. The van der Waals surface area contributed by atoms with Gasteiger partial charge in [-0.15, -0.1) is 0 Å². The van der Waals surface area contributed by atoms with Crippen LogP contribution in [-0.2, 0) is 6.54 Å². The van der Waals surface area contributed by atoms with E-state index in [0.717, 1.165) is 5.56 Å². The van der Waals surface area contributed by atoms with E-state index in [9.17, 15) is 0 Å². The zero-order valence-corrected chi connectivity index (χ0v) is 7.04. The first-order valence-corrected chi connectivity index (χ1v) is 4.39. The van der Waals surface area contributed by atoms with Crippen molar-refractivity contribution in [3.8, 4) is 11.4 Å². The number of hydrogen-bond donors (Lipinski definition) is 1. The fourth-order valence-electron chi connectivity index (χ4n) is 0.847. The average molecular weight is 181 g/mol. The number of aromatic nitrogens is 2. The van der Waals surface area contributed by atoms with Gasteiger partial charge in [0.15, 0.2) is 0 Å². The Balaban J connectivity index is 2.35. The molecule has 2 rings (SSSR count). The third-order valence-electron chi connectivity index (χ3n) is 1.42. The number of rotatable bonds is 2. The maximum Gasteiger partial charge on any atom is 0.240 e. The van der Waals surface area contributed by atoms with Gasteiger partial charge in [0.25, 0.3) is 0 Å². The lowest BCUT2D eigenvalue weighted by Gasteiger charge is -1.81. The summed E-state index contributed by atoms with van der Waals surface area (Å²) in [5.41, 5.74) is 6.30. The molecule has 12 heavy (non-hydrogen) atoms. The fraction of sp³-hybridized carbons (Fsp3) is 0.143. The minimum absolute atomic E-state index is 0.289. The Morgan fingerprint density at radius 2 is 2.50 bits per heavy atom. The van der Waals surface area contributed by atoms with Crippen LogP contribution in [0.5, 0.6) is 0 Å². The van der Waals surface area contributed by atoms with Gasteiger partial charge in [-0.2, -0.15) is 16.3 Å². The summed E-state index contributed by atoms with van der Waals surface area (Å²) in [6, 6.07) is 1.94. The second-order valence-electron chi connectivity index (χ2n) is 2.23. The van der Waals surface area contributed by atoms with Crippen LogP contribution in [-0.4, -0.2) is 10.1 Å². The molecule has 0 unspecified atom stereocenters. The molecule has 0 radical (unpaired) electrons. The average Bonchev–Trinajstić information content (AvgIpc) is 2.75. The van der Waals surface area contributed by atoms with Gasteiger partial charge in [0.05, 0.1) is 6.54 Å². The first-order chi connectivity index (χ1) is 5.90. The van der Waals surface area contributed by atoms with Gasteiger partial charge in [0.1, 0.15) is 0 Å². The molecule has 2 heterocycles. The molecular weight excluding hydrogens is 174 g/mol. The number of nitrogens with zero attached hydrogens (tertiary/aromatic N) is 2. The quantitative estimate of drug-likeness (QED) is 0.757. The SMILES string of the molecule is NCc1nc(-c2ccsc2)no1. The number of thiophene rings is 1. The summed E-state index contributed by atoms with van der Waals surface area (Å²) in [6.45, 7) is 0.289. The maximum absolute atomic E-state index is 5.32. The fourth-order valence-corrected chi connectivity index (χ4v) is 1.48. The molecule has 0 amide bonds. The summed E-state index contributed by atoms with van der Waals surface area (Å²) >= 11 is 1.60. The molecule has 0 atom stereocenters. The van der Waals surface area contributed by atoms with E-state index in [-0.39, 0.29) is 6.54 Å². The second-order valence-corrected chi connectivity index (χ2v) is 3.01. The molecule has 0 saturated heterocycles. The van der Waals surface area contributed by atoms with E-state index in [0.29, 0.717) is 11.7 Å². The molecule has 0 aliphatic heterocycles. The molecule has 0 saturated carbocycles. The molecule has 0 aliphatic carbocycles. The molecule has 2 aromatic heterocycles. The van der Waals surface area contributed by atoms with E-state index in [1.807, 2.05) is 16.8 Å². The molecule has 5 heteroatoms. The molecule has 0 bridgehead atoms. The predicted molar refractivity (Wildman–Crippen MR) is 45.5 cm³/mol. The molecule has 2 N–H and O–H groups in total. The van der Waals surface area contributed by atoms with Crippen LogP contribution >= 0.6 is 11.3 Å². The minimum atomic E-state index is 0.289. The van der Waals surface area contributed by atoms with Gasteiger partial charge in [0, 0.05) is 10.9 Å². The first kappa shape index (κ1) is 7.45.